The summed E-state index contributed by atoms with van der Waals surface area (Å²) in [4.78, 5) is 14.7. The molecule has 1 amide bonds. The maximum Gasteiger partial charge on any atom is 0.276 e. The lowest BCUT2D eigenvalue weighted by atomic mass is 10.1. The van der Waals surface area contributed by atoms with Gasteiger partial charge in [-0.3, -0.25) is 9.48 Å². The van der Waals surface area contributed by atoms with Crippen LogP contribution < -0.4 is 10.2 Å². The van der Waals surface area contributed by atoms with Crippen molar-refractivity contribution in [2.24, 2.45) is 7.05 Å². The first-order chi connectivity index (χ1) is 13.5. The summed E-state index contributed by atoms with van der Waals surface area (Å²) in [5.41, 5.74) is 4.09. The van der Waals surface area contributed by atoms with Crippen molar-refractivity contribution < 1.29 is 4.79 Å². The van der Waals surface area contributed by atoms with E-state index in [1.807, 2.05) is 49.2 Å². The molecule has 0 aliphatic heterocycles. The number of aromatic nitrogens is 2. The quantitative estimate of drug-likeness (QED) is 0.494. The summed E-state index contributed by atoms with van der Waals surface area (Å²) >= 11 is 0. The van der Waals surface area contributed by atoms with Crippen LogP contribution >= 0.6 is 0 Å². The Morgan fingerprint density at radius 1 is 1.25 bits per heavy atom. The van der Waals surface area contributed by atoms with Crippen LogP contribution in [0.4, 0.5) is 11.5 Å². The molecule has 28 heavy (non-hydrogen) atoms. The molecule has 5 nitrogen and oxygen atoms in total. The van der Waals surface area contributed by atoms with Gasteiger partial charge in [-0.25, -0.2) is 0 Å². The maximum absolute atomic E-state index is 12.7. The van der Waals surface area contributed by atoms with E-state index in [9.17, 15) is 4.79 Å². The van der Waals surface area contributed by atoms with Crippen LogP contribution in [-0.2, 0) is 7.05 Å². The first-order valence-corrected chi connectivity index (χ1v) is 9.24. The molecular formula is C23H28N4O. The van der Waals surface area contributed by atoms with Gasteiger partial charge in [-0.1, -0.05) is 50.4 Å². The Bertz CT molecular complexity index is 920. The fourth-order valence-corrected chi connectivity index (χ4v) is 3.01. The molecule has 1 aromatic carbocycles. The van der Waals surface area contributed by atoms with Crippen molar-refractivity contribution in [2.75, 3.05) is 16.8 Å². The number of benzene rings is 1. The van der Waals surface area contributed by atoms with Gasteiger partial charge in [-0.05, 0) is 36.6 Å². The highest BCUT2D eigenvalue weighted by Gasteiger charge is 2.20. The summed E-state index contributed by atoms with van der Waals surface area (Å²) in [7, 11) is 1.82. The monoisotopic (exact) mass is 376 g/mol. The number of rotatable bonds is 9. The number of allylic oxidation sites excluding steroid dienone is 3. The van der Waals surface area contributed by atoms with E-state index in [1.165, 1.54) is 0 Å². The third-order valence-electron chi connectivity index (χ3n) is 4.51. The number of amides is 1. The molecule has 0 saturated carbocycles. The number of anilines is 2. The smallest absolute Gasteiger partial charge is 0.276 e. The van der Waals surface area contributed by atoms with Crippen molar-refractivity contribution >= 4 is 17.4 Å². The molecule has 1 N–H and O–H groups in total. The van der Waals surface area contributed by atoms with Crippen molar-refractivity contribution in [1.82, 2.24) is 9.78 Å². The fraction of sp³-hybridized carbons (Fsp3) is 0.217. The van der Waals surface area contributed by atoms with Gasteiger partial charge in [0.1, 0.15) is 5.82 Å². The first-order valence-electron chi connectivity index (χ1n) is 9.24. The van der Waals surface area contributed by atoms with Crippen LogP contribution in [0.1, 0.15) is 29.4 Å². The zero-order valence-electron chi connectivity index (χ0n) is 16.9. The van der Waals surface area contributed by atoms with E-state index < -0.39 is 0 Å². The Morgan fingerprint density at radius 2 is 1.96 bits per heavy atom. The predicted molar refractivity (Wildman–Crippen MR) is 118 cm³/mol. The molecule has 0 aliphatic carbocycles. The molecule has 0 saturated heterocycles. The number of hydrogen-bond donors (Lipinski definition) is 1. The van der Waals surface area contributed by atoms with Crippen LogP contribution in [0.3, 0.4) is 0 Å². The van der Waals surface area contributed by atoms with E-state index in [0.717, 1.165) is 34.8 Å². The fourth-order valence-electron chi connectivity index (χ4n) is 3.01. The second-order valence-electron chi connectivity index (χ2n) is 6.35. The van der Waals surface area contributed by atoms with E-state index in [-0.39, 0.29) is 5.91 Å². The highest BCUT2D eigenvalue weighted by atomic mass is 16.2. The molecule has 0 spiro atoms. The Kier molecular flexibility index (Phi) is 7.15. The van der Waals surface area contributed by atoms with Crippen LogP contribution in [-0.4, -0.2) is 22.2 Å². The lowest BCUT2D eigenvalue weighted by Gasteiger charge is -2.26. The number of aryl methyl sites for hydroxylation is 2. The minimum absolute atomic E-state index is 0.252. The molecule has 0 radical (unpaired) electrons. The molecule has 1 heterocycles. The molecule has 1 aromatic heterocycles. The largest absolute Gasteiger partial charge is 0.323 e. The second kappa shape index (κ2) is 9.55. The number of nitrogens with one attached hydrogen (secondary N) is 1. The van der Waals surface area contributed by atoms with Crippen molar-refractivity contribution in [2.45, 2.75) is 20.3 Å². The van der Waals surface area contributed by atoms with Crippen LogP contribution in [0.5, 0.6) is 0 Å². The molecule has 0 fully saturated rings. The van der Waals surface area contributed by atoms with E-state index in [0.29, 0.717) is 12.2 Å². The van der Waals surface area contributed by atoms with E-state index in [1.54, 1.807) is 22.9 Å². The Morgan fingerprint density at radius 3 is 2.54 bits per heavy atom. The van der Waals surface area contributed by atoms with Crippen LogP contribution in [0.25, 0.3) is 0 Å². The van der Waals surface area contributed by atoms with Crippen LogP contribution in [0.15, 0.2) is 79.6 Å². The minimum Gasteiger partial charge on any atom is -0.323 e. The number of nitrogens with zero attached hydrogens (tertiary/aromatic N) is 3. The lowest BCUT2D eigenvalue weighted by molar-refractivity contribution is 0.102. The van der Waals surface area contributed by atoms with Crippen molar-refractivity contribution in [3.63, 3.8) is 0 Å². The molecule has 146 valence electrons. The molecular weight excluding hydrogens is 348 g/mol. The lowest BCUT2D eigenvalue weighted by Crippen LogP contribution is -2.25. The van der Waals surface area contributed by atoms with E-state index >= 15 is 0 Å². The van der Waals surface area contributed by atoms with Gasteiger partial charge >= 0.3 is 0 Å². The van der Waals surface area contributed by atoms with Gasteiger partial charge in [0.15, 0.2) is 5.69 Å². The number of para-hydroxylation sites is 1. The second-order valence-corrected chi connectivity index (χ2v) is 6.35. The number of hydrogen-bond acceptors (Lipinski definition) is 3. The molecule has 0 bridgehead atoms. The average molecular weight is 377 g/mol. The molecule has 0 unspecified atom stereocenters. The van der Waals surface area contributed by atoms with Crippen molar-refractivity contribution in [3.05, 3.63) is 90.8 Å². The number of carbonyl (C=O) groups is 1. The van der Waals surface area contributed by atoms with Crippen molar-refractivity contribution in [3.8, 4) is 0 Å². The molecule has 2 aromatic rings. The summed E-state index contributed by atoms with van der Waals surface area (Å²) in [6.45, 7) is 16.3. The molecule has 0 atom stereocenters. The summed E-state index contributed by atoms with van der Waals surface area (Å²) in [5.74, 6) is 0.524. The van der Waals surface area contributed by atoms with Gasteiger partial charge in [0, 0.05) is 31.0 Å². The molecule has 5 heteroatoms. The number of carbonyl (C=O) groups excluding carboxylic acids is 1. The maximum atomic E-state index is 12.7. The standard InChI is InChI=1S/C23H28N4O/c1-7-15-27(21(10-4)18(8-2)9-3)22-16-20(25-26(22)6)23(28)24-19-14-12-11-13-17(19)5/h7-8,10-14,16H,1-2,4,9,15H2,3,5-6H3,(H,24,28)/b21-18+. The topological polar surface area (TPSA) is 50.2 Å². The van der Waals surface area contributed by atoms with Crippen LogP contribution in [0.2, 0.25) is 0 Å². The Hall–Kier alpha value is -3.34. The van der Waals surface area contributed by atoms with Gasteiger partial charge in [-0.15, -0.1) is 6.58 Å². The highest BCUT2D eigenvalue weighted by molar-refractivity contribution is 6.03. The summed E-state index contributed by atoms with van der Waals surface area (Å²) < 4.78 is 1.69. The average Bonchev–Trinajstić information content (AvgIpc) is 3.08. The summed E-state index contributed by atoms with van der Waals surface area (Å²) in [6.07, 6.45) is 6.25. The van der Waals surface area contributed by atoms with E-state index in [2.05, 4.69) is 37.1 Å². The zero-order chi connectivity index (χ0) is 20.7. The minimum atomic E-state index is -0.252. The predicted octanol–water partition coefficient (Wildman–Crippen LogP) is 5.01. The third-order valence-corrected chi connectivity index (χ3v) is 4.51. The van der Waals surface area contributed by atoms with Gasteiger partial charge in [-0.2, -0.15) is 5.10 Å². The van der Waals surface area contributed by atoms with Gasteiger partial charge in [0.05, 0.1) is 0 Å². The van der Waals surface area contributed by atoms with E-state index in [4.69, 9.17) is 0 Å². The van der Waals surface area contributed by atoms with Gasteiger partial charge in [0.25, 0.3) is 5.91 Å². The first kappa shape index (κ1) is 21.0. The Labute approximate surface area is 167 Å². The summed E-state index contributed by atoms with van der Waals surface area (Å²) in [6, 6.07) is 9.42. The SMILES string of the molecule is C=CCN(/C(C=C)=C(\C=C)CC)c1cc(C(=O)Nc2ccccc2C)nn1C. The molecule has 2 rings (SSSR count). The highest BCUT2D eigenvalue weighted by Crippen LogP contribution is 2.25. The van der Waals surface area contributed by atoms with Gasteiger partial charge in [0.2, 0.25) is 0 Å². The zero-order valence-corrected chi connectivity index (χ0v) is 16.9. The third kappa shape index (κ3) is 4.49. The van der Waals surface area contributed by atoms with Gasteiger partial charge < -0.3 is 10.2 Å². The normalized spacial score (nSPS) is 11.4. The Balaban J connectivity index is 2.42. The summed E-state index contributed by atoms with van der Waals surface area (Å²) in [5, 5.41) is 7.34. The van der Waals surface area contributed by atoms with Crippen LogP contribution in [0, 0.1) is 6.92 Å². The molecule has 0 aliphatic rings. The van der Waals surface area contributed by atoms with Crippen molar-refractivity contribution in [1.29, 1.82) is 0 Å².